The summed E-state index contributed by atoms with van der Waals surface area (Å²) in [4.78, 5) is 0. The van der Waals surface area contributed by atoms with E-state index >= 15 is 0 Å². The van der Waals surface area contributed by atoms with E-state index in [4.69, 9.17) is 0 Å². The summed E-state index contributed by atoms with van der Waals surface area (Å²) in [6.07, 6.45) is 16.1. The predicted octanol–water partition coefficient (Wildman–Crippen LogP) is 7.31. The first kappa shape index (κ1) is 17.8. The molecule has 22 heavy (non-hydrogen) atoms. The molecule has 126 valence electrons. The molecule has 2 aliphatic rings. The van der Waals surface area contributed by atoms with Crippen molar-refractivity contribution in [3.63, 3.8) is 0 Å². The number of hydrogen-bond donors (Lipinski definition) is 0. The van der Waals surface area contributed by atoms with Crippen LogP contribution in [-0.4, -0.2) is 0 Å². The van der Waals surface area contributed by atoms with E-state index in [0.717, 1.165) is 0 Å². The zero-order chi connectivity index (χ0) is 16.4. The van der Waals surface area contributed by atoms with Crippen LogP contribution in [0.4, 0.5) is 0 Å². The van der Waals surface area contributed by atoms with E-state index in [2.05, 4.69) is 53.7 Å². The summed E-state index contributed by atoms with van der Waals surface area (Å²) in [5.41, 5.74) is 4.23. The van der Waals surface area contributed by atoms with E-state index in [1.165, 1.54) is 51.4 Å². The molecule has 0 aliphatic heterocycles. The van der Waals surface area contributed by atoms with Crippen LogP contribution >= 0.6 is 0 Å². The van der Waals surface area contributed by atoms with E-state index in [9.17, 15) is 0 Å². The Labute approximate surface area is 139 Å². The lowest BCUT2D eigenvalue weighted by molar-refractivity contribution is 0.116. The minimum Gasteiger partial charge on any atom is -0.0850 e. The van der Waals surface area contributed by atoms with Gasteiger partial charge in [0.15, 0.2) is 0 Å². The van der Waals surface area contributed by atoms with Crippen LogP contribution in [-0.2, 0) is 0 Å². The second-order valence-corrected chi connectivity index (χ2v) is 9.74. The molecule has 0 heterocycles. The van der Waals surface area contributed by atoms with Crippen LogP contribution in [0.15, 0.2) is 23.3 Å². The summed E-state index contributed by atoms with van der Waals surface area (Å²) in [7, 11) is 0. The molecular weight excluding hydrogens is 264 g/mol. The lowest BCUT2D eigenvalue weighted by Gasteiger charge is -2.47. The summed E-state index contributed by atoms with van der Waals surface area (Å²) < 4.78 is 0. The molecule has 0 nitrogen and oxygen atoms in total. The van der Waals surface area contributed by atoms with Gasteiger partial charge in [0.2, 0.25) is 0 Å². The summed E-state index contributed by atoms with van der Waals surface area (Å²) in [5, 5.41) is 0. The van der Waals surface area contributed by atoms with Gasteiger partial charge in [0, 0.05) is 0 Å². The van der Waals surface area contributed by atoms with Crippen molar-refractivity contribution < 1.29 is 0 Å². The smallest absolute Gasteiger partial charge is 0.00839 e. The highest BCUT2D eigenvalue weighted by Crippen LogP contribution is 2.51. The third-order valence-corrected chi connectivity index (χ3v) is 5.65. The standard InChI is InChI=1S/C22H38/c1-21(2,3)19(17-13-9-7-10-14-17)20(22(4,5)6)18-15-11-8-12-16-18/h13,15,19-20H,7-12,14,16H2,1-6H3. The van der Waals surface area contributed by atoms with Gasteiger partial charge in [-0.05, 0) is 74.0 Å². The number of allylic oxidation sites excluding steroid dienone is 4. The third-order valence-electron chi connectivity index (χ3n) is 5.65. The molecule has 2 atom stereocenters. The molecule has 0 aromatic carbocycles. The van der Waals surface area contributed by atoms with E-state index in [1.807, 2.05) is 0 Å². The fourth-order valence-corrected chi connectivity index (χ4v) is 4.83. The van der Waals surface area contributed by atoms with E-state index in [-0.39, 0.29) is 0 Å². The summed E-state index contributed by atoms with van der Waals surface area (Å²) in [6, 6.07) is 0. The molecule has 0 radical (unpaired) electrons. The van der Waals surface area contributed by atoms with Crippen molar-refractivity contribution in [2.24, 2.45) is 22.7 Å². The van der Waals surface area contributed by atoms with E-state index in [1.54, 1.807) is 11.1 Å². The first-order valence-corrected chi connectivity index (χ1v) is 9.59. The van der Waals surface area contributed by atoms with Crippen LogP contribution in [0.1, 0.15) is 92.9 Å². The van der Waals surface area contributed by atoms with Gasteiger partial charge in [-0.2, -0.15) is 0 Å². The van der Waals surface area contributed by atoms with Crippen LogP contribution < -0.4 is 0 Å². The van der Waals surface area contributed by atoms with Gasteiger partial charge in [-0.15, -0.1) is 0 Å². The maximum Gasteiger partial charge on any atom is -0.00839 e. The van der Waals surface area contributed by atoms with Gasteiger partial charge >= 0.3 is 0 Å². The Morgan fingerprint density at radius 3 is 1.23 bits per heavy atom. The van der Waals surface area contributed by atoms with Gasteiger partial charge in [-0.1, -0.05) is 64.8 Å². The van der Waals surface area contributed by atoms with Crippen molar-refractivity contribution in [3.8, 4) is 0 Å². The van der Waals surface area contributed by atoms with Gasteiger partial charge in [0.25, 0.3) is 0 Å². The molecule has 2 unspecified atom stereocenters. The molecule has 0 aromatic rings. The highest BCUT2D eigenvalue weighted by molar-refractivity contribution is 5.23. The Balaban J connectivity index is 2.43. The van der Waals surface area contributed by atoms with Crippen molar-refractivity contribution in [2.75, 3.05) is 0 Å². The quantitative estimate of drug-likeness (QED) is 0.479. The maximum absolute atomic E-state index is 2.60. The Hall–Kier alpha value is -0.520. The molecule has 0 saturated carbocycles. The van der Waals surface area contributed by atoms with Crippen molar-refractivity contribution in [1.82, 2.24) is 0 Å². The monoisotopic (exact) mass is 302 g/mol. The van der Waals surface area contributed by atoms with Crippen molar-refractivity contribution >= 4 is 0 Å². The predicted molar refractivity (Wildman–Crippen MR) is 99.0 cm³/mol. The van der Waals surface area contributed by atoms with Crippen LogP contribution in [0.3, 0.4) is 0 Å². The lowest BCUT2D eigenvalue weighted by Crippen LogP contribution is -2.39. The molecule has 0 spiro atoms. The molecule has 2 rings (SSSR count). The van der Waals surface area contributed by atoms with Crippen LogP contribution in [0.5, 0.6) is 0 Å². The molecule has 0 N–H and O–H groups in total. The minimum atomic E-state index is 0.347. The molecule has 0 amide bonds. The normalized spacial score (nSPS) is 23.5. The molecule has 2 aliphatic carbocycles. The second kappa shape index (κ2) is 6.93. The summed E-state index contributed by atoms with van der Waals surface area (Å²) in [5.74, 6) is 1.41. The first-order chi connectivity index (χ1) is 10.2. The van der Waals surface area contributed by atoms with Crippen LogP contribution in [0.2, 0.25) is 0 Å². The van der Waals surface area contributed by atoms with E-state index in [0.29, 0.717) is 22.7 Å². The highest BCUT2D eigenvalue weighted by atomic mass is 14.5. The lowest BCUT2D eigenvalue weighted by atomic mass is 9.57. The molecule has 0 heteroatoms. The topological polar surface area (TPSA) is 0 Å². The van der Waals surface area contributed by atoms with Crippen LogP contribution in [0.25, 0.3) is 0 Å². The number of hydrogen-bond acceptors (Lipinski definition) is 0. The summed E-state index contributed by atoms with van der Waals surface area (Å²) >= 11 is 0. The first-order valence-electron chi connectivity index (χ1n) is 9.59. The SMILES string of the molecule is CC(C)(C)C(C1=CCCCC1)C(C1=CCCCC1)C(C)(C)C. The molecule has 0 saturated heterocycles. The van der Waals surface area contributed by atoms with Crippen molar-refractivity contribution in [3.05, 3.63) is 23.3 Å². The Morgan fingerprint density at radius 2 is 1.00 bits per heavy atom. The van der Waals surface area contributed by atoms with Gasteiger partial charge in [-0.25, -0.2) is 0 Å². The fourth-order valence-electron chi connectivity index (χ4n) is 4.83. The van der Waals surface area contributed by atoms with Crippen molar-refractivity contribution in [1.29, 1.82) is 0 Å². The zero-order valence-electron chi connectivity index (χ0n) is 16.0. The number of rotatable bonds is 3. The third kappa shape index (κ3) is 4.27. The zero-order valence-corrected chi connectivity index (χ0v) is 16.0. The van der Waals surface area contributed by atoms with Crippen LogP contribution in [0, 0.1) is 22.7 Å². The Morgan fingerprint density at radius 1 is 0.636 bits per heavy atom. The largest absolute Gasteiger partial charge is 0.0850 e. The van der Waals surface area contributed by atoms with Crippen molar-refractivity contribution in [2.45, 2.75) is 92.9 Å². The molecule has 0 fully saturated rings. The fraction of sp³-hybridized carbons (Fsp3) is 0.818. The van der Waals surface area contributed by atoms with Gasteiger partial charge in [0.05, 0.1) is 0 Å². The summed E-state index contributed by atoms with van der Waals surface area (Å²) in [6.45, 7) is 14.8. The Bertz CT molecular complexity index is 380. The average molecular weight is 303 g/mol. The minimum absolute atomic E-state index is 0.347. The van der Waals surface area contributed by atoms with Gasteiger partial charge in [0.1, 0.15) is 0 Å². The molecule has 0 bridgehead atoms. The average Bonchev–Trinajstić information content (AvgIpc) is 2.44. The maximum atomic E-state index is 2.60. The Kier molecular flexibility index (Phi) is 5.62. The van der Waals surface area contributed by atoms with Gasteiger partial charge in [-0.3, -0.25) is 0 Å². The van der Waals surface area contributed by atoms with Gasteiger partial charge < -0.3 is 0 Å². The molecular formula is C22H38. The molecule has 0 aromatic heterocycles. The van der Waals surface area contributed by atoms with E-state index < -0.39 is 0 Å². The second-order valence-electron chi connectivity index (χ2n) is 9.74. The highest BCUT2D eigenvalue weighted by Gasteiger charge is 2.42.